The van der Waals surface area contributed by atoms with E-state index in [0.29, 0.717) is 36.4 Å². The van der Waals surface area contributed by atoms with E-state index in [2.05, 4.69) is 0 Å². The van der Waals surface area contributed by atoms with Gasteiger partial charge in [0, 0.05) is 6.42 Å². The lowest BCUT2D eigenvalue weighted by atomic mass is 9.86. The monoisotopic (exact) mass is 620 g/mol. The van der Waals surface area contributed by atoms with Crippen LogP contribution in [0.15, 0.2) is 36.4 Å². The molecule has 0 unspecified atom stereocenters. The predicted molar refractivity (Wildman–Crippen MR) is 139 cm³/mol. The molecule has 3 aromatic rings. The Hall–Kier alpha value is -5.81. The molecule has 1 aliphatic carbocycles. The number of ether oxygens (including phenoxy) is 3. The van der Waals surface area contributed by atoms with Crippen LogP contribution in [0.3, 0.4) is 0 Å². The molecule has 0 aromatic heterocycles. The molecule has 0 amide bonds. The minimum atomic E-state index is -2.06. The zero-order valence-corrected chi connectivity index (χ0v) is 21.9. The van der Waals surface area contributed by atoms with Crippen LogP contribution in [0.25, 0.3) is 0 Å². The standard InChI is InChI=1S/C27H24O17/c28-11-1-8(2-12(29)19(11)35)25(39)42-18-7-17(34)22(38)24(44-27(41)10-5-15(32)21(37)16(33)6-10)23(18)43-26(40)9-3-13(30)20(36)14(31)4-9/h1-6,17-18,22-24,28-38H,7H2/t17-,18-,22-,23+,24+/m0/s1. The lowest BCUT2D eigenvalue weighted by Crippen LogP contribution is -2.59. The molecule has 44 heavy (non-hydrogen) atoms. The van der Waals surface area contributed by atoms with Crippen molar-refractivity contribution in [1.82, 2.24) is 0 Å². The van der Waals surface area contributed by atoms with Gasteiger partial charge in [0.25, 0.3) is 0 Å². The molecule has 17 heteroatoms. The molecule has 1 saturated carbocycles. The first-order valence-electron chi connectivity index (χ1n) is 12.3. The second kappa shape index (κ2) is 11.8. The summed E-state index contributed by atoms with van der Waals surface area (Å²) in [4.78, 5) is 38.9. The number of carbonyl (C=O) groups is 3. The van der Waals surface area contributed by atoms with Crippen molar-refractivity contribution in [1.29, 1.82) is 0 Å². The molecule has 0 saturated heterocycles. The van der Waals surface area contributed by atoms with E-state index in [1.807, 2.05) is 0 Å². The van der Waals surface area contributed by atoms with E-state index in [1.165, 1.54) is 0 Å². The van der Waals surface area contributed by atoms with Gasteiger partial charge in [-0.3, -0.25) is 0 Å². The van der Waals surface area contributed by atoms with Crippen molar-refractivity contribution < 1.29 is 84.8 Å². The summed E-state index contributed by atoms with van der Waals surface area (Å²) in [7, 11) is 0. The Kier molecular flexibility index (Phi) is 8.36. The molecule has 0 spiro atoms. The molecule has 3 aromatic carbocycles. The summed E-state index contributed by atoms with van der Waals surface area (Å²) in [6.07, 6.45) is -10.3. The molecular formula is C27H24O17. The van der Waals surface area contributed by atoms with Crippen LogP contribution in [-0.2, 0) is 14.2 Å². The third-order valence-corrected chi connectivity index (χ3v) is 6.56. The average Bonchev–Trinajstić information content (AvgIpc) is 2.96. The van der Waals surface area contributed by atoms with Crippen molar-refractivity contribution in [2.24, 2.45) is 0 Å². The third-order valence-electron chi connectivity index (χ3n) is 6.56. The van der Waals surface area contributed by atoms with Crippen LogP contribution >= 0.6 is 0 Å². The minimum Gasteiger partial charge on any atom is -0.504 e. The van der Waals surface area contributed by atoms with Gasteiger partial charge in [-0.25, -0.2) is 14.4 Å². The topological polar surface area (TPSA) is 301 Å². The van der Waals surface area contributed by atoms with Crippen molar-refractivity contribution in [2.75, 3.05) is 0 Å². The third kappa shape index (κ3) is 6.03. The number of esters is 3. The van der Waals surface area contributed by atoms with Gasteiger partial charge in [-0.1, -0.05) is 0 Å². The summed E-state index contributed by atoms with van der Waals surface area (Å²) in [5.74, 6) is -12.6. The highest BCUT2D eigenvalue weighted by molar-refractivity contribution is 5.93. The zero-order chi connectivity index (χ0) is 32.6. The van der Waals surface area contributed by atoms with Gasteiger partial charge in [-0.2, -0.15) is 0 Å². The van der Waals surface area contributed by atoms with Gasteiger partial charge in [0.05, 0.1) is 22.8 Å². The Morgan fingerprint density at radius 2 is 0.795 bits per heavy atom. The number of hydrogen-bond donors (Lipinski definition) is 11. The van der Waals surface area contributed by atoms with Crippen molar-refractivity contribution in [3.8, 4) is 51.7 Å². The highest BCUT2D eigenvalue weighted by Gasteiger charge is 2.50. The van der Waals surface area contributed by atoms with Gasteiger partial charge in [0.2, 0.25) is 0 Å². The first-order chi connectivity index (χ1) is 20.6. The lowest BCUT2D eigenvalue weighted by Gasteiger charge is -2.41. The number of carbonyl (C=O) groups excluding carboxylic acids is 3. The second-order valence-corrected chi connectivity index (χ2v) is 9.57. The van der Waals surface area contributed by atoms with Crippen LogP contribution < -0.4 is 0 Å². The first-order valence-corrected chi connectivity index (χ1v) is 12.3. The quantitative estimate of drug-likeness (QED) is 0.0991. The van der Waals surface area contributed by atoms with Gasteiger partial charge < -0.3 is 70.4 Å². The molecule has 0 aliphatic heterocycles. The fourth-order valence-corrected chi connectivity index (χ4v) is 4.29. The largest absolute Gasteiger partial charge is 0.504 e. The number of rotatable bonds is 6. The molecular weight excluding hydrogens is 596 g/mol. The van der Waals surface area contributed by atoms with Crippen LogP contribution in [-0.4, -0.2) is 105 Å². The molecule has 0 heterocycles. The van der Waals surface area contributed by atoms with E-state index in [9.17, 15) is 70.6 Å². The molecule has 17 nitrogen and oxygen atoms in total. The Morgan fingerprint density at radius 3 is 1.14 bits per heavy atom. The molecule has 1 fully saturated rings. The van der Waals surface area contributed by atoms with E-state index in [4.69, 9.17) is 14.2 Å². The number of phenolic OH excluding ortho intramolecular Hbond substituents is 9. The summed E-state index contributed by atoms with van der Waals surface area (Å²) in [6.45, 7) is 0. The van der Waals surface area contributed by atoms with Gasteiger partial charge in [-0.15, -0.1) is 0 Å². The van der Waals surface area contributed by atoms with Crippen molar-refractivity contribution >= 4 is 17.9 Å². The molecule has 0 radical (unpaired) electrons. The molecule has 0 bridgehead atoms. The molecule has 4 rings (SSSR count). The van der Waals surface area contributed by atoms with E-state index >= 15 is 0 Å². The summed E-state index contributed by atoms with van der Waals surface area (Å²) in [5, 5.41) is 109. The zero-order valence-electron chi connectivity index (χ0n) is 21.9. The summed E-state index contributed by atoms with van der Waals surface area (Å²) >= 11 is 0. The fraction of sp³-hybridized carbons (Fsp3) is 0.222. The summed E-state index contributed by atoms with van der Waals surface area (Å²) in [6, 6.07) is 4.11. The number of hydrogen-bond acceptors (Lipinski definition) is 17. The lowest BCUT2D eigenvalue weighted by molar-refractivity contribution is -0.180. The predicted octanol–water partition coefficient (Wildman–Crippen LogP) is 0.139. The number of aliphatic hydroxyl groups is 2. The van der Waals surface area contributed by atoms with Gasteiger partial charge in [0.1, 0.15) is 12.2 Å². The number of aliphatic hydroxyl groups excluding tert-OH is 2. The molecule has 234 valence electrons. The molecule has 5 atom stereocenters. The summed E-state index contributed by atoms with van der Waals surface area (Å²) < 4.78 is 15.9. The van der Waals surface area contributed by atoms with E-state index in [-0.39, 0.29) is 0 Å². The van der Waals surface area contributed by atoms with Crippen LogP contribution in [0, 0.1) is 0 Å². The maximum absolute atomic E-state index is 13.0. The highest BCUT2D eigenvalue weighted by Crippen LogP contribution is 2.39. The van der Waals surface area contributed by atoms with Crippen LogP contribution in [0.1, 0.15) is 37.5 Å². The minimum absolute atomic E-state index is 0.541. The van der Waals surface area contributed by atoms with Crippen LogP contribution in [0.4, 0.5) is 0 Å². The number of phenols is 9. The maximum atomic E-state index is 13.0. The second-order valence-electron chi connectivity index (χ2n) is 9.57. The Bertz CT molecular complexity index is 1560. The molecule has 11 N–H and O–H groups in total. The Morgan fingerprint density at radius 1 is 0.500 bits per heavy atom. The van der Waals surface area contributed by atoms with E-state index in [1.54, 1.807) is 0 Å². The van der Waals surface area contributed by atoms with Gasteiger partial charge >= 0.3 is 17.9 Å². The Balaban J connectivity index is 1.71. The van der Waals surface area contributed by atoms with Crippen LogP contribution in [0.2, 0.25) is 0 Å². The SMILES string of the molecule is O=C(O[C@@H]1[C@@H](O)[C@@H](O)C[C@H](OC(=O)c2cc(O)c(O)c(O)c2)[C@H]1OC(=O)c1cc(O)c(O)c(O)c1)c1cc(O)c(O)c(O)c1. The smallest absolute Gasteiger partial charge is 0.338 e. The van der Waals surface area contributed by atoms with Gasteiger partial charge in [-0.05, 0) is 36.4 Å². The van der Waals surface area contributed by atoms with Crippen molar-refractivity contribution in [3.63, 3.8) is 0 Å². The normalized spacial score (nSPS) is 21.3. The van der Waals surface area contributed by atoms with Crippen molar-refractivity contribution in [2.45, 2.75) is 36.9 Å². The Labute approximate surface area is 244 Å². The number of benzene rings is 3. The maximum Gasteiger partial charge on any atom is 0.338 e. The first kappa shape index (κ1) is 31.1. The summed E-state index contributed by atoms with van der Waals surface area (Å²) in [5.41, 5.74) is -1.72. The van der Waals surface area contributed by atoms with Crippen molar-refractivity contribution in [3.05, 3.63) is 53.1 Å². The number of aromatic hydroxyl groups is 9. The van der Waals surface area contributed by atoms with E-state index in [0.717, 1.165) is 0 Å². The van der Waals surface area contributed by atoms with Gasteiger partial charge in [0.15, 0.2) is 64.0 Å². The highest BCUT2D eigenvalue weighted by atomic mass is 16.6. The average molecular weight is 620 g/mol. The molecule has 1 aliphatic rings. The van der Waals surface area contributed by atoms with E-state index < -0.39 is 123 Å². The van der Waals surface area contributed by atoms with Crippen LogP contribution in [0.5, 0.6) is 51.7 Å². The fourth-order valence-electron chi connectivity index (χ4n) is 4.29.